The van der Waals surface area contributed by atoms with Gasteiger partial charge in [0.1, 0.15) is 0 Å². The van der Waals surface area contributed by atoms with E-state index >= 15 is 0 Å². The number of carbonyl (C=O) groups is 2. The normalized spacial score (nSPS) is 11.7. The number of nitrogens with zero attached hydrogens (tertiary/aromatic N) is 2. The van der Waals surface area contributed by atoms with Crippen LogP contribution in [0.2, 0.25) is 0 Å². The van der Waals surface area contributed by atoms with Gasteiger partial charge in [-0.15, -0.1) is 0 Å². The fourth-order valence-electron chi connectivity index (χ4n) is 2.93. The molecule has 0 fully saturated rings. The summed E-state index contributed by atoms with van der Waals surface area (Å²) in [5.41, 5.74) is 3.30. The molecule has 26 heavy (non-hydrogen) atoms. The van der Waals surface area contributed by atoms with E-state index in [2.05, 4.69) is 9.88 Å². The maximum Gasteiger partial charge on any atom is 0.340 e. The molecule has 0 aliphatic carbocycles. The van der Waals surface area contributed by atoms with E-state index in [-0.39, 0.29) is 6.04 Å². The molecule has 1 aromatic heterocycles. The Morgan fingerprint density at radius 2 is 1.77 bits per heavy atom. The molecule has 0 spiro atoms. The number of nitrogens with one attached hydrogen (secondary N) is 1. The Kier molecular flexibility index (Phi) is 5.83. The average molecular weight is 353 g/mol. The lowest BCUT2D eigenvalue weighted by molar-refractivity contribution is -0.123. The molecule has 6 heteroatoms. The maximum absolute atomic E-state index is 12.5. The van der Waals surface area contributed by atoms with Crippen LogP contribution in [0.5, 0.6) is 0 Å². The van der Waals surface area contributed by atoms with Crippen LogP contribution in [0.15, 0.2) is 30.3 Å². The van der Waals surface area contributed by atoms with E-state index in [1.807, 2.05) is 33.8 Å². The molecule has 1 heterocycles. The molecular weight excluding hydrogens is 330 g/mol. The topological polar surface area (TPSA) is 84.1 Å². The highest BCUT2D eigenvalue weighted by atomic mass is 16.5. The monoisotopic (exact) mass is 353 g/mol. The minimum atomic E-state index is -0.944. The van der Waals surface area contributed by atoms with Crippen molar-refractivity contribution in [2.75, 3.05) is 5.32 Å². The number of rotatable bonds is 5. The van der Waals surface area contributed by atoms with Crippen molar-refractivity contribution in [1.82, 2.24) is 4.57 Å². The summed E-state index contributed by atoms with van der Waals surface area (Å²) in [7, 11) is 0. The Labute approximate surface area is 153 Å². The van der Waals surface area contributed by atoms with Crippen LogP contribution in [0, 0.1) is 25.2 Å². The first kappa shape index (κ1) is 19.3. The first-order valence-electron chi connectivity index (χ1n) is 8.45. The average Bonchev–Trinajstić information content (AvgIpc) is 2.90. The fraction of sp³-hybridized carbons (Fsp3) is 0.350. The number of ether oxygens (including phenoxy) is 1. The summed E-state index contributed by atoms with van der Waals surface area (Å²) in [6.07, 6.45) is -0.944. The van der Waals surface area contributed by atoms with Gasteiger partial charge in [0.25, 0.3) is 5.91 Å². The molecule has 0 unspecified atom stereocenters. The quantitative estimate of drug-likeness (QED) is 0.830. The molecule has 1 aromatic carbocycles. The number of aromatic nitrogens is 1. The lowest BCUT2D eigenvalue weighted by Gasteiger charge is -2.15. The van der Waals surface area contributed by atoms with Gasteiger partial charge in [0.2, 0.25) is 0 Å². The molecule has 1 atom stereocenters. The third kappa shape index (κ3) is 4.12. The molecule has 0 aliphatic rings. The van der Waals surface area contributed by atoms with E-state index in [1.165, 1.54) is 6.92 Å². The predicted molar refractivity (Wildman–Crippen MR) is 99.0 cm³/mol. The number of aryl methyl sites for hydroxylation is 1. The van der Waals surface area contributed by atoms with Crippen LogP contribution in [-0.2, 0) is 9.53 Å². The van der Waals surface area contributed by atoms with Crippen LogP contribution >= 0.6 is 0 Å². The van der Waals surface area contributed by atoms with Gasteiger partial charge in [-0.2, -0.15) is 5.26 Å². The SMILES string of the molecule is Cc1cc(C(=O)O[C@@H](C)C(=O)Nc2ccc(C#N)cc2)c(C)n1C(C)C. The number of nitriles is 1. The van der Waals surface area contributed by atoms with E-state index in [4.69, 9.17) is 10.00 Å². The van der Waals surface area contributed by atoms with Crippen LogP contribution in [0.3, 0.4) is 0 Å². The highest BCUT2D eigenvalue weighted by Crippen LogP contribution is 2.21. The maximum atomic E-state index is 12.5. The number of hydrogen-bond donors (Lipinski definition) is 1. The molecule has 136 valence electrons. The predicted octanol–water partition coefficient (Wildman–Crippen LogP) is 3.74. The number of esters is 1. The van der Waals surface area contributed by atoms with E-state index in [0.717, 1.165) is 11.4 Å². The highest BCUT2D eigenvalue weighted by molar-refractivity contribution is 5.97. The third-order valence-electron chi connectivity index (χ3n) is 4.16. The van der Waals surface area contributed by atoms with E-state index in [9.17, 15) is 9.59 Å². The number of carbonyl (C=O) groups excluding carboxylic acids is 2. The van der Waals surface area contributed by atoms with Crippen molar-refractivity contribution < 1.29 is 14.3 Å². The number of benzene rings is 1. The van der Waals surface area contributed by atoms with Crippen molar-refractivity contribution in [3.05, 3.63) is 52.8 Å². The van der Waals surface area contributed by atoms with Gasteiger partial charge < -0.3 is 14.6 Å². The smallest absolute Gasteiger partial charge is 0.340 e. The largest absolute Gasteiger partial charge is 0.449 e. The first-order valence-corrected chi connectivity index (χ1v) is 8.45. The van der Waals surface area contributed by atoms with Gasteiger partial charge in [0.15, 0.2) is 6.10 Å². The lowest BCUT2D eigenvalue weighted by atomic mass is 10.2. The van der Waals surface area contributed by atoms with Crippen molar-refractivity contribution in [2.45, 2.75) is 46.8 Å². The minimum absolute atomic E-state index is 0.230. The van der Waals surface area contributed by atoms with E-state index < -0.39 is 18.0 Å². The second-order valence-electron chi connectivity index (χ2n) is 6.47. The van der Waals surface area contributed by atoms with Crippen molar-refractivity contribution in [1.29, 1.82) is 5.26 Å². The fourth-order valence-corrected chi connectivity index (χ4v) is 2.93. The highest BCUT2D eigenvalue weighted by Gasteiger charge is 2.23. The molecule has 2 rings (SSSR count). The van der Waals surface area contributed by atoms with Gasteiger partial charge in [0.05, 0.1) is 17.2 Å². The Hall–Kier alpha value is -3.07. The van der Waals surface area contributed by atoms with Crippen LogP contribution in [0.1, 0.15) is 54.1 Å². The van der Waals surface area contributed by atoms with E-state index in [0.29, 0.717) is 16.8 Å². The molecule has 0 bridgehead atoms. The summed E-state index contributed by atoms with van der Waals surface area (Å²) in [5.74, 6) is -0.951. The number of hydrogen-bond acceptors (Lipinski definition) is 4. The Bertz CT molecular complexity index is 858. The molecular formula is C20H23N3O3. The summed E-state index contributed by atoms with van der Waals surface area (Å²) in [4.78, 5) is 24.7. The van der Waals surface area contributed by atoms with Gasteiger partial charge in [-0.3, -0.25) is 4.79 Å². The van der Waals surface area contributed by atoms with Gasteiger partial charge in [0, 0.05) is 23.1 Å². The van der Waals surface area contributed by atoms with Gasteiger partial charge in [-0.1, -0.05) is 0 Å². The zero-order valence-electron chi connectivity index (χ0n) is 15.7. The lowest BCUT2D eigenvalue weighted by Crippen LogP contribution is -2.30. The van der Waals surface area contributed by atoms with Gasteiger partial charge in [-0.25, -0.2) is 4.79 Å². The molecule has 0 aliphatic heterocycles. The van der Waals surface area contributed by atoms with Crippen LogP contribution in [0.4, 0.5) is 5.69 Å². The first-order chi connectivity index (χ1) is 12.2. The standard InChI is InChI=1S/C20H23N3O3/c1-12(2)23-13(3)10-18(14(23)4)20(25)26-15(5)19(24)22-17-8-6-16(11-21)7-9-17/h6-10,12,15H,1-5H3,(H,22,24)/t15-/m0/s1. The number of anilines is 1. The van der Waals surface area contributed by atoms with Crippen molar-refractivity contribution in [3.63, 3.8) is 0 Å². The summed E-state index contributed by atoms with van der Waals surface area (Å²) >= 11 is 0. The van der Waals surface area contributed by atoms with Crippen LogP contribution in [-0.4, -0.2) is 22.5 Å². The van der Waals surface area contributed by atoms with Crippen molar-refractivity contribution >= 4 is 17.6 Å². The molecule has 0 radical (unpaired) electrons. The summed E-state index contributed by atoms with van der Waals surface area (Å²) in [5, 5.41) is 11.5. The Balaban J connectivity index is 2.05. The molecule has 0 saturated carbocycles. The minimum Gasteiger partial charge on any atom is -0.449 e. The Morgan fingerprint density at radius 1 is 1.15 bits per heavy atom. The van der Waals surface area contributed by atoms with Gasteiger partial charge in [-0.05, 0) is 65.0 Å². The van der Waals surface area contributed by atoms with Gasteiger partial charge >= 0.3 is 5.97 Å². The molecule has 2 aromatic rings. The third-order valence-corrected chi connectivity index (χ3v) is 4.16. The van der Waals surface area contributed by atoms with E-state index in [1.54, 1.807) is 30.3 Å². The zero-order chi connectivity index (χ0) is 19.4. The second-order valence-corrected chi connectivity index (χ2v) is 6.47. The second kappa shape index (κ2) is 7.87. The Morgan fingerprint density at radius 3 is 2.27 bits per heavy atom. The zero-order valence-corrected chi connectivity index (χ0v) is 15.7. The molecule has 1 N–H and O–H groups in total. The summed E-state index contributed by atoms with van der Waals surface area (Å²) in [6, 6.07) is 10.5. The molecule has 6 nitrogen and oxygen atoms in total. The molecule has 1 amide bonds. The summed E-state index contributed by atoms with van der Waals surface area (Å²) in [6.45, 7) is 9.42. The van der Waals surface area contributed by atoms with Crippen molar-refractivity contribution in [3.8, 4) is 6.07 Å². The van der Waals surface area contributed by atoms with Crippen LogP contribution < -0.4 is 5.32 Å². The van der Waals surface area contributed by atoms with Crippen LogP contribution in [0.25, 0.3) is 0 Å². The van der Waals surface area contributed by atoms with Crippen molar-refractivity contribution in [2.24, 2.45) is 0 Å². The molecule has 0 saturated heterocycles. The number of amides is 1. The summed E-state index contributed by atoms with van der Waals surface area (Å²) < 4.78 is 7.38.